The molecular weight excluding hydrogens is 206 g/mol. The minimum atomic E-state index is -0.494. The molecule has 0 spiro atoms. The molecule has 1 aromatic heterocycles. The van der Waals surface area contributed by atoms with Gasteiger partial charge in [-0.05, 0) is 25.0 Å². The Labute approximate surface area is 93.8 Å². The van der Waals surface area contributed by atoms with Crippen molar-refractivity contribution in [3.05, 3.63) is 24.2 Å². The maximum absolute atomic E-state index is 11.5. The average Bonchev–Trinajstić information content (AvgIpc) is 2.98. The second-order valence-electron chi connectivity index (χ2n) is 4.15. The highest BCUT2D eigenvalue weighted by atomic mass is 16.5. The first-order valence-electron chi connectivity index (χ1n) is 5.38. The number of nitrogens with zero attached hydrogens (tertiary/aromatic N) is 1. The van der Waals surface area contributed by atoms with Crippen LogP contribution in [0.1, 0.15) is 36.2 Å². The zero-order chi connectivity index (χ0) is 11.4. The van der Waals surface area contributed by atoms with E-state index in [4.69, 9.17) is 14.4 Å². The van der Waals surface area contributed by atoms with Crippen molar-refractivity contribution >= 4 is 5.97 Å². The van der Waals surface area contributed by atoms with Gasteiger partial charge in [-0.25, -0.2) is 4.79 Å². The van der Waals surface area contributed by atoms with Crippen molar-refractivity contribution in [1.82, 2.24) is 0 Å². The monoisotopic (exact) mass is 219 g/mol. The fourth-order valence-corrected chi connectivity index (χ4v) is 2.01. The molecule has 0 amide bonds. The molecule has 0 atom stereocenters. The van der Waals surface area contributed by atoms with Crippen molar-refractivity contribution in [3.63, 3.8) is 0 Å². The molecule has 1 aliphatic carbocycles. The summed E-state index contributed by atoms with van der Waals surface area (Å²) in [6, 6.07) is 5.45. The molecule has 0 bridgehead atoms. The lowest BCUT2D eigenvalue weighted by Gasteiger charge is -2.18. The summed E-state index contributed by atoms with van der Waals surface area (Å²) >= 11 is 0. The third-order valence-corrected chi connectivity index (χ3v) is 3.00. The Bertz CT molecular complexity index is 396. The zero-order valence-electron chi connectivity index (χ0n) is 8.94. The number of carbonyl (C=O) groups excluding carboxylic acids is 1. The van der Waals surface area contributed by atoms with Gasteiger partial charge < -0.3 is 9.15 Å². The molecule has 0 N–H and O–H groups in total. The van der Waals surface area contributed by atoms with Crippen LogP contribution in [0.3, 0.4) is 0 Å². The van der Waals surface area contributed by atoms with E-state index < -0.39 is 11.4 Å². The highest BCUT2D eigenvalue weighted by Crippen LogP contribution is 2.37. The summed E-state index contributed by atoms with van der Waals surface area (Å²) in [6.07, 6.45) is 5.12. The first kappa shape index (κ1) is 10.7. The molecule has 0 unspecified atom stereocenters. The summed E-state index contributed by atoms with van der Waals surface area (Å²) < 4.78 is 10.0. The highest BCUT2D eigenvalue weighted by Gasteiger charge is 2.35. The second kappa shape index (κ2) is 4.40. The summed E-state index contributed by atoms with van der Waals surface area (Å²) in [5.41, 5.74) is -0.470. The number of carbonyl (C=O) groups is 1. The topological polar surface area (TPSA) is 63.2 Å². The predicted molar refractivity (Wildman–Crippen MR) is 55.5 cm³/mol. The van der Waals surface area contributed by atoms with E-state index in [1.54, 1.807) is 12.1 Å². The van der Waals surface area contributed by atoms with Crippen LogP contribution in [0.5, 0.6) is 0 Å². The summed E-state index contributed by atoms with van der Waals surface area (Å²) in [7, 11) is 0. The van der Waals surface area contributed by atoms with Gasteiger partial charge in [0.05, 0.1) is 17.7 Å². The lowest BCUT2D eigenvalue weighted by molar-refractivity contribution is 0.0341. The third-order valence-electron chi connectivity index (χ3n) is 3.00. The molecule has 1 aliphatic rings. The first-order valence-corrected chi connectivity index (χ1v) is 5.38. The minimum Gasteiger partial charge on any atom is -0.458 e. The quantitative estimate of drug-likeness (QED) is 0.733. The van der Waals surface area contributed by atoms with Crippen molar-refractivity contribution in [2.24, 2.45) is 5.41 Å². The van der Waals surface area contributed by atoms with Gasteiger partial charge in [0, 0.05) is 0 Å². The van der Waals surface area contributed by atoms with Crippen LogP contribution in [0.25, 0.3) is 0 Å². The van der Waals surface area contributed by atoms with E-state index in [1.165, 1.54) is 6.26 Å². The SMILES string of the molecule is N#CC1(COC(=O)c2ccco2)CCCC1. The van der Waals surface area contributed by atoms with E-state index >= 15 is 0 Å². The molecule has 0 aromatic carbocycles. The summed E-state index contributed by atoms with van der Waals surface area (Å²) in [4.78, 5) is 11.5. The summed E-state index contributed by atoms with van der Waals surface area (Å²) in [5.74, 6) is -0.308. The molecule has 0 saturated heterocycles. The number of furan rings is 1. The lowest BCUT2D eigenvalue weighted by Crippen LogP contribution is -2.23. The maximum Gasteiger partial charge on any atom is 0.374 e. The highest BCUT2D eigenvalue weighted by molar-refractivity contribution is 5.86. The van der Waals surface area contributed by atoms with E-state index in [0.29, 0.717) is 0 Å². The number of hydrogen-bond donors (Lipinski definition) is 0. The Morgan fingerprint density at radius 1 is 1.56 bits per heavy atom. The fraction of sp³-hybridized carbons (Fsp3) is 0.500. The number of nitriles is 1. The van der Waals surface area contributed by atoms with Crippen LogP contribution in [0, 0.1) is 16.7 Å². The number of esters is 1. The number of hydrogen-bond acceptors (Lipinski definition) is 4. The Hall–Kier alpha value is -1.76. The van der Waals surface area contributed by atoms with Gasteiger partial charge in [0.2, 0.25) is 5.76 Å². The van der Waals surface area contributed by atoms with Gasteiger partial charge in [0.25, 0.3) is 0 Å². The molecule has 4 nitrogen and oxygen atoms in total. The lowest BCUT2D eigenvalue weighted by atomic mass is 9.89. The van der Waals surface area contributed by atoms with Crippen molar-refractivity contribution < 1.29 is 13.9 Å². The molecular formula is C12H13NO3. The molecule has 2 rings (SSSR count). The summed E-state index contributed by atoms with van der Waals surface area (Å²) in [6.45, 7) is 0.170. The maximum atomic E-state index is 11.5. The van der Waals surface area contributed by atoms with Crippen LogP contribution >= 0.6 is 0 Å². The van der Waals surface area contributed by atoms with Crippen LogP contribution in [-0.4, -0.2) is 12.6 Å². The van der Waals surface area contributed by atoms with Crippen molar-refractivity contribution in [3.8, 4) is 6.07 Å². The zero-order valence-corrected chi connectivity index (χ0v) is 8.94. The molecule has 0 aliphatic heterocycles. The van der Waals surface area contributed by atoms with Gasteiger partial charge in [-0.1, -0.05) is 12.8 Å². The molecule has 0 radical (unpaired) electrons. The predicted octanol–water partition coefficient (Wildman–Crippen LogP) is 2.52. The molecule has 4 heteroatoms. The molecule has 84 valence electrons. The van der Waals surface area contributed by atoms with E-state index in [0.717, 1.165) is 25.7 Å². The van der Waals surface area contributed by atoms with Crippen molar-refractivity contribution in [2.45, 2.75) is 25.7 Å². The Morgan fingerprint density at radius 3 is 2.88 bits per heavy atom. The molecule has 1 heterocycles. The molecule has 16 heavy (non-hydrogen) atoms. The Kier molecular flexibility index (Phi) is 2.95. The Balaban J connectivity index is 1.92. The number of rotatable bonds is 3. The normalized spacial score (nSPS) is 17.9. The van der Waals surface area contributed by atoms with Crippen LogP contribution in [0.15, 0.2) is 22.8 Å². The van der Waals surface area contributed by atoms with Crippen LogP contribution < -0.4 is 0 Å². The Morgan fingerprint density at radius 2 is 2.31 bits per heavy atom. The van der Waals surface area contributed by atoms with Gasteiger partial charge in [0.15, 0.2) is 0 Å². The van der Waals surface area contributed by atoms with Crippen molar-refractivity contribution in [1.29, 1.82) is 5.26 Å². The van der Waals surface area contributed by atoms with Crippen molar-refractivity contribution in [2.75, 3.05) is 6.61 Å². The van der Waals surface area contributed by atoms with E-state index in [1.807, 2.05) is 0 Å². The second-order valence-corrected chi connectivity index (χ2v) is 4.15. The summed E-state index contributed by atoms with van der Waals surface area (Å²) in [5, 5.41) is 9.10. The van der Waals surface area contributed by atoms with Crippen LogP contribution in [-0.2, 0) is 4.74 Å². The standard InChI is InChI=1S/C12H13NO3/c13-8-12(5-1-2-6-12)9-16-11(14)10-4-3-7-15-10/h3-4,7H,1-2,5-6,9H2. The molecule has 1 aromatic rings. The van der Waals surface area contributed by atoms with Gasteiger partial charge in [-0.15, -0.1) is 0 Å². The largest absolute Gasteiger partial charge is 0.458 e. The average molecular weight is 219 g/mol. The van der Waals surface area contributed by atoms with E-state index in [-0.39, 0.29) is 12.4 Å². The van der Waals surface area contributed by atoms with E-state index in [9.17, 15) is 4.79 Å². The molecule has 1 fully saturated rings. The van der Waals surface area contributed by atoms with Gasteiger partial charge in [0.1, 0.15) is 6.61 Å². The minimum absolute atomic E-state index is 0.170. The van der Waals surface area contributed by atoms with Gasteiger partial charge in [-0.2, -0.15) is 5.26 Å². The smallest absolute Gasteiger partial charge is 0.374 e. The third kappa shape index (κ3) is 2.08. The fourth-order valence-electron chi connectivity index (χ4n) is 2.01. The van der Waals surface area contributed by atoms with E-state index in [2.05, 4.69) is 6.07 Å². The number of ether oxygens (including phenoxy) is 1. The molecule has 1 saturated carbocycles. The first-order chi connectivity index (χ1) is 7.76. The van der Waals surface area contributed by atoms with Gasteiger partial charge in [-0.3, -0.25) is 0 Å². The van der Waals surface area contributed by atoms with Gasteiger partial charge >= 0.3 is 5.97 Å². The van der Waals surface area contributed by atoms with Crippen LogP contribution in [0.4, 0.5) is 0 Å². The van der Waals surface area contributed by atoms with Crippen LogP contribution in [0.2, 0.25) is 0 Å².